The van der Waals surface area contributed by atoms with E-state index in [4.69, 9.17) is 0 Å². The third kappa shape index (κ3) is 3.37. The number of nitrogens with one attached hydrogen (secondary N) is 1. The van der Waals surface area contributed by atoms with Crippen LogP contribution in [0.3, 0.4) is 0 Å². The highest BCUT2D eigenvalue weighted by Gasteiger charge is 2.28. The number of nitrogens with zero attached hydrogens (tertiary/aromatic N) is 3. The van der Waals surface area contributed by atoms with E-state index in [1.165, 1.54) is 25.1 Å². The second-order valence-corrected chi connectivity index (χ2v) is 5.44. The monoisotopic (exact) mass is 264 g/mol. The summed E-state index contributed by atoms with van der Waals surface area (Å²) in [6.07, 6.45) is 7.74. The molecule has 108 valence electrons. The van der Waals surface area contributed by atoms with E-state index in [-0.39, 0.29) is 0 Å². The predicted molar refractivity (Wildman–Crippen MR) is 79.1 cm³/mol. The maximum absolute atomic E-state index is 4.48. The van der Waals surface area contributed by atoms with Gasteiger partial charge < -0.3 is 9.88 Å². The summed E-state index contributed by atoms with van der Waals surface area (Å²) in [5.74, 6) is 1.22. The molecule has 0 aliphatic carbocycles. The van der Waals surface area contributed by atoms with Crippen molar-refractivity contribution >= 4 is 0 Å². The van der Waals surface area contributed by atoms with Crippen molar-refractivity contribution < 1.29 is 0 Å². The average Bonchev–Trinajstić information content (AvgIpc) is 2.87. The summed E-state index contributed by atoms with van der Waals surface area (Å²) in [5.41, 5.74) is 0. The Bertz CT molecular complexity index is 368. The van der Waals surface area contributed by atoms with E-state index < -0.39 is 0 Å². The van der Waals surface area contributed by atoms with E-state index in [2.05, 4.69) is 46.7 Å². The highest BCUT2D eigenvalue weighted by Crippen LogP contribution is 2.19. The molecule has 1 aliphatic rings. The predicted octanol–water partition coefficient (Wildman–Crippen LogP) is 2.26. The van der Waals surface area contributed by atoms with Gasteiger partial charge in [-0.3, -0.25) is 4.90 Å². The van der Waals surface area contributed by atoms with Crippen LogP contribution in [0.2, 0.25) is 0 Å². The highest BCUT2D eigenvalue weighted by molar-refractivity contribution is 4.98. The number of likely N-dealkylation sites (N-methyl/N-ethyl adjacent to an activating group) is 1. The molecule has 4 nitrogen and oxygen atoms in total. The second kappa shape index (κ2) is 7.06. The van der Waals surface area contributed by atoms with E-state index >= 15 is 0 Å². The van der Waals surface area contributed by atoms with Crippen LogP contribution < -0.4 is 5.32 Å². The Balaban J connectivity index is 2.04. The standard InChI is InChI=1S/C15H28N4/c1-4-7-13(16-6-3)14(5-2)19-11-10-18-9-8-17-15(18)12-19/h8-9,13-14,16H,4-7,10-12H2,1-3H3. The number of fused-ring (bicyclic) bond motifs is 1. The van der Waals surface area contributed by atoms with Crippen molar-refractivity contribution in [3.05, 3.63) is 18.2 Å². The third-order valence-corrected chi connectivity index (χ3v) is 4.19. The molecule has 0 saturated carbocycles. The van der Waals surface area contributed by atoms with Crippen molar-refractivity contribution in [2.24, 2.45) is 0 Å². The molecule has 2 unspecified atom stereocenters. The summed E-state index contributed by atoms with van der Waals surface area (Å²) in [6.45, 7) is 11.1. The molecule has 1 aromatic rings. The van der Waals surface area contributed by atoms with E-state index in [1.54, 1.807) is 0 Å². The first-order valence-corrected chi connectivity index (χ1v) is 7.77. The maximum atomic E-state index is 4.48. The van der Waals surface area contributed by atoms with Gasteiger partial charge in [0.05, 0.1) is 6.54 Å². The first kappa shape index (κ1) is 14.5. The summed E-state index contributed by atoms with van der Waals surface area (Å²) in [4.78, 5) is 7.09. The van der Waals surface area contributed by atoms with Crippen molar-refractivity contribution in [3.8, 4) is 0 Å². The molecule has 1 N–H and O–H groups in total. The van der Waals surface area contributed by atoms with Gasteiger partial charge in [0.2, 0.25) is 0 Å². The number of hydrogen-bond acceptors (Lipinski definition) is 3. The van der Waals surface area contributed by atoms with E-state index in [9.17, 15) is 0 Å². The van der Waals surface area contributed by atoms with Gasteiger partial charge in [-0.2, -0.15) is 0 Å². The minimum absolute atomic E-state index is 0.613. The molecule has 19 heavy (non-hydrogen) atoms. The molecule has 0 bridgehead atoms. The largest absolute Gasteiger partial charge is 0.333 e. The summed E-state index contributed by atoms with van der Waals surface area (Å²) in [7, 11) is 0. The smallest absolute Gasteiger partial charge is 0.122 e. The van der Waals surface area contributed by atoms with Crippen LogP contribution in [0.1, 0.15) is 45.9 Å². The van der Waals surface area contributed by atoms with Gasteiger partial charge in [-0.05, 0) is 19.4 Å². The first-order chi connectivity index (χ1) is 9.30. The fourth-order valence-electron chi connectivity index (χ4n) is 3.28. The van der Waals surface area contributed by atoms with Crippen LogP contribution in [-0.4, -0.2) is 39.6 Å². The molecule has 0 radical (unpaired) electrons. The van der Waals surface area contributed by atoms with E-state index in [0.29, 0.717) is 12.1 Å². The van der Waals surface area contributed by atoms with Crippen LogP contribution in [0.15, 0.2) is 12.4 Å². The van der Waals surface area contributed by atoms with Gasteiger partial charge in [0, 0.05) is 37.6 Å². The normalized spacial score (nSPS) is 19.1. The Morgan fingerprint density at radius 2 is 2.16 bits per heavy atom. The van der Waals surface area contributed by atoms with Crippen LogP contribution in [0.25, 0.3) is 0 Å². The van der Waals surface area contributed by atoms with E-state index in [1.807, 2.05) is 6.20 Å². The van der Waals surface area contributed by atoms with Crippen LogP contribution in [-0.2, 0) is 13.1 Å². The molecule has 2 atom stereocenters. The van der Waals surface area contributed by atoms with Crippen LogP contribution in [0.5, 0.6) is 0 Å². The molecule has 0 spiro atoms. The van der Waals surface area contributed by atoms with Gasteiger partial charge in [0.25, 0.3) is 0 Å². The summed E-state index contributed by atoms with van der Waals surface area (Å²) >= 11 is 0. The molecule has 4 heteroatoms. The minimum Gasteiger partial charge on any atom is -0.333 e. The molecule has 2 rings (SSSR count). The van der Waals surface area contributed by atoms with Gasteiger partial charge in [-0.25, -0.2) is 4.98 Å². The first-order valence-electron chi connectivity index (χ1n) is 7.77. The number of rotatable bonds is 7. The van der Waals surface area contributed by atoms with Gasteiger partial charge in [-0.1, -0.05) is 27.2 Å². The summed E-state index contributed by atoms with van der Waals surface area (Å²) < 4.78 is 2.28. The molecule has 0 amide bonds. The lowest BCUT2D eigenvalue weighted by Crippen LogP contribution is -2.51. The van der Waals surface area contributed by atoms with Gasteiger partial charge in [-0.15, -0.1) is 0 Å². The lowest BCUT2D eigenvalue weighted by molar-refractivity contribution is 0.113. The molecular formula is C15H28N4. The van der Waals surface area contributed by atoms with Crippen LogP contribution >= 0.6 is 0 Å². The zero-order valence-electron chi connectivity index (χ0n) is 12.6. The van der Waals surface area contributed by atoms with Gasteiger partial charge >= 0.3 is 0 Å². The Kier molecular flexibility index (Phi) is 5.40. The Morgan fingerprint density at radius 1 is 1.32 bits per heavy atom. The van der Waals surface area contributed by atoms with Crippen LogP contribution in [0, 0.1) is 0 Å². The van der Waals surface area contributed by atoms with Crippen molar-refractivity contribution in [1.29, 1.82) is 0 Å². The van der Waals surface area contributed by atoms with Crippen molar-refractivity contribution in [1.82, 2.24) is 19.8 Å². The fraction of sp³-hybridized carbons (Fsp3) is 0.800. The molecular weight excluding hydrogens is 236 g/mol. The molecule has 2 heterocycles. The average molecular weight is 264 g/mol. The molecule has 0 saturated heterocycles. The summed E-state index contributed by atoms with van der Waals surface area (Å²) in [6, 6.07) is 1.24. The van der Waals surface area contributed by atoms with Crippen molar-refractivity contribution in [2.45, 2.75) is 65.2 Å². The van der Waals surface area contributed by atoms with Crippen LogP contribution in [0.4, 0.5) is 0 Å². The SMILES string of the molecule is CCCC(NCC)C(CC)N1CCn2ccnc2C1. The molecule has 0 fully saturated rings. The minimum atomic E-state index is 0.613. The fourth-order valence-corrected chi connectivity index (χ4v) is 3.28. The number of imidazole rings is 1. The van der Waals surface area contributed by atoms with Gasteiger partial charge in [0.15, 0.2) is 0 Å². The second-order valence-electron chi connectivity index (χ2n) is 5.44. The van der Waals surface area contributed by atoms with E-state index in [0.717, 1.165) is 26.2 Å². The van der Waals surface area contributed by atoms with Gasteiger partial charge in [0.1, 0.15) is 5.82 Å². The maximum Gasteiger partial charge on any atom is 0.122 e. The zero-order valence-corrected chi connectivity index (χ0v) is 12.6. The lowest BCUT2D eigenvalue weighted by Gasteiger charge is -2.39. The molecule has 1 aromatic heterocycles. The Hall–Kier alpha value is -0.870. The quantitative estimate of drug-likeness (QED) is 0.820. The Morgan fingerprint density at radius 3 is 2.84 bits per heavy atom. The Labute approximate surface area is 117 Å². The number of aromatic nitrogens is 2. The molecule has 0 aromatic carbocycles. The third-order valence-electron chi connectivity index (χ3n) is 4.19. The summed E-state index contributed by atoms with van der Waals surface area (Å²) in [5, 5.41) is 3.68. The van der Waals surface area contributed by atoms with Crippen molar-refractivity contribution in [2.75, 3.05) is 13.1 Å². The zero-order chi connectivity index (χ0) is 13.7. The topological polar surface area (TPSA) is 33.1 Å². The molecule has 1 aliphatic heterocycles. The lowest BCUT2D eigenvalue weighted by atomic mass is 9.98. The number of hydrogen-bond donors (Lipinski definition) is 1. The van der Waals surface area contributed by atoms with Crippen molar-refractivity contribution in [3.63, 3.8) is 0 Å². The highest BCUT2D eigenvalue weighted by atomic mass is 15.3.